The Hall–Kier alpha value is -2.70. The Balaban J connectivity index is 1.58. The summed E-state index contributed by atoms with van der Waals surface area (Å²) >= 11 is 0. The predicted molar refractivity (Wildman–Crippen MR) is 118 cm³/mol. The van der Waals surface area contributed by atoms with Crippen LogP contribution in [-0.2, 0) is 9.53 Å². The van der Waals surface area contributed by atoms with Crippen molar-refractivity contribution in [2.45, 2.75) is 43.8 Å². The van der Waals surface area contributed by atoms with Crippen molar-refractivity contribution in [1.29, 1.82) is 5.26 Å². The Kier molecular flexibility index (Phi) is 6.59. The fraction of sp³-hybridized carbons (Fsp3) is 0.542. The Labute approximate surface area is 190 Å². The first-order valence-electron chi connectivity index (χ1n) is 11.2. The number of fused-ring (bicyclic) bond motifs is 1. The van der Waals surface area contributed by atoms with E-state index in [1.54, 1.807) is 35.4 Å². The first-order valence-corrected chi connectivity index (χ1v) is 11.2. The molecular weight excluding hydrogens is 433 g/mol. The molecule has 0 spiro atoms. The van der Waals surface area contributed by atoms with Gasteiger partial charge >= 0.3 is 6.18 Å². The first-order chi connectivity index (χ1) is 15.7. The second kappa shape index (κ2) is 9.27. The summed E-state index contributed by atoms with van der Waals surface area (Å²) in [7, 11) is 0. The number of carbonyl (C=O) groups is 1. The molecular formula is C24H27F3N4O2. The number of aromatic nitrogens is 1. The van der Waals surface area contributed by atoms with E-state index in [1.807, 2.05) is 0 Å². The molecule has 9 heteroatoms. The van der Waals surface area contributed by atoms with Crippen molar-refractivity contribution in [1.82, 2.24) is 4.98 Å². The summed E-state index contributed by atoms with van der Waals surface area (Å²) in [4.78, 5) is 18.8. The Bertz CT molecular complexity index is 1060. The van der Waals surface area contributed by atoms with Crippen molar-refractivity contribution >= 4 is 22.4 Å². The number of nitriles is 1. The number of pyridine rings is 1. The van der Waals surface area contributed by atoms with Gasteiger partial charge in [-0.25, -0.2) is 0 Å². The molecule has 0 amide bonds. The highest BCUT2D eigenvalue weighted by Gasteiger charge is 2.45. The van der Waals surface area contributed by atoms with Crippen LogP contribution >= 0.6 is 0 Å². The minimum Gasteiger partial charge on any atom is -0.381 e. The fourth-order valence-corrected chi connectivity index (χ4v) is 5.05. The summed E-state index contributed by atoms with van der Waals surface area (Å²) in [5, 5.41) is 10.0. The third-order valence-corrected chi connectivity index (χ3v) is 6.76. The average molecular weight is 461 g/mol. The van der Waals surface area contributed by atoms with E-state index in [0.29, 0.717) is 54.8 Å². The summed E-state index contributed by atoms with van der Waals surface area (Å²) < 4.78 is 46.7. The van der Waals surface area contributed by atoms with Crippen molar-refractivity contribution in [3.05, 3.63) is 36.0 Å². The van der Waals surface area contributed by atoms with Gasteiger partial charge in [0.05, 0.1) is 17.0 Å². The van der Waals surface area contributed by atoms with Gasteiger partial charge in [0.15, 0.2) is 0 Å². The smallest absolute Gasteiger partial charge is 0.381 e. The zero-order valence-corrected chi connectivity index (χ0v) is 18.3. The number of nitrogens with two attached hydrogens (primary N) is 1. The molecule has 2 saturated heterocycles. The van der Waals surface area contributed by atoms with Crippen molar-refractivity contribution in [3.8, 4) is 6.07 Å². The van der Waals surface area contributed by atoms with E-state index in [9.17, 15) is 23.2 Å². The number of ether oxygens (including phenoxy) is 1. The van der Waals surface area contributed by atoms with Gasteiger partial charge in [-0.05, 0) is 49.4 Å². The summed E-state index contributed by atoms with van der Waals surface area (Å²) in [6.07, 6.45) is -1.52. The third-order valence-electron chi connectivity index (χ3n) is 6.76. The molecule has 0 saturated carbocycles. The van der Waals surface area contributed by atoms with E-state index in [1.165, 1.54) is 0 Å². The summed E-state index contributed by atoms with van der Waals surface area (Å²) in [6, 6.07) is 8.82. The molecule has 3 heterocycles. The molecule has 1 aromatic heterocycles. The average Bonchev–Trinajstić information content (AvgIpc) is 2.77. The van der Waals surface area contributed by atoms with Crippen LogP contribution in [0.5, 0.6) is 0 Å². The van der Waals surface area contributed by atoms with Crippen molar-refractivity contribution in [3.63, 3.8) is 0 Å². The predicted octanol–water partition coefficient (Wildman–Crippen LogP) is 3.97. The molecule has 2 unspecified atom stereocenters. The lowest BCUT2D eigenvalue weighted by Gasteiger charge is -2.40. The largest absolute Gasteiger partial charge is 0.393 e. The number of piperidine rings is 1. The molecule has 6 nitrogen and oxygen atoms in total. The molecule has 176 valence electrons. The van der Waals surface area contributed by atoms with Gasteiger partial charge in [-0.3, -0.25) is 9.78 Å². The Morgan fingerprint density at radius 2 is 2.03 bits per heavy atom. The highest BCUT2D eigenvalue weighted by Crippen LogP contribution is 2.40. The van der Waals surface area contributed by atoms with Crippen LogP contribution in [-0.4, -0.2) is 48.8 Å². The summed E-state index contributed by atoms with van der Waals surface area (Å²) in [5.74, 6) is -2.08. The molecule has 4 rings (SSSR count). The number of ketones is 1. The Morgan fingerprint density at radius 1 is 1.27 bits per heavy atom. The maximum Gasteiger partial charge on any atom is 0.393 e. The molecule has 2 N–H and O–H groups in total. The third kappa shape index (κ3) is 5.28. The normalized spacial score (nSPS) is 23.3. The zero-order valence-electron chi connectivity index (χ0n) is 18.3. The minimum atomic E-state index is -4.36. The number of hydrogen-bond donors (Lipinski definition) is 1. The number of benzene rings is 1. The van der Waals surface area contributed by atoms with Gasteiger partial charge in [-0.2, -0.15) is 18.4 Å². The molecule has 2 atom stereocenters. The van der Waals surface area contributed by atoms with Crippen LogP contribution in [0.3, 0.4) is 0 Å². The monoisotopic (exact) mass is 460 g/mol. The summed E-state index contributed by atoms with van der Waals surface area (Å²) in [6.45, 7) is 1.13. The van der Waals surface area contributed by atoms with Crippen LogP contribution in [0.25, 0.3) is 10.9 Å². The molecule has 33 heavy (non-hydrogen) atoms. The van der Waals surface area contributed by atoms with Crippen molar-refractivity contribution in [2.75, 3.05) is 31.2 Å². The first kappa shape index (κ1) is 23.5. The Morgan fingerprint density at radius 3 is 2.73 bits per heavy atom. The van der Waals surface area contributed by atoms with E-state index in [2.05, 4.69) is 11.1 Å². The number of nitrogens with zero attached hydrogens (tertiary/aromatic N) is 3. The van der Waals surface area contributed by atoms with Crippen molar-refractivity contribution < 1.29 is 22.7 Å². The summed E-state index contributed by atoms with van der Waals surface area (Å²) in [5.41, 5.74) is 7.14. The fourth-order valence-electron chi connectivity index (χ4n) is 5.05. The molecule has 2 aliphatic heterocycles. The molecule has 0 radical (unpaired) electrons. The quantitative estimate of drug-likeness (QED) is 0.726. The van der Waals surface area contributed by atoms with Gasteiger partial charge in [0.1, 0.15) is 11.9 Å². The van der Waals surface area contributed by atoms with Gasteiger partial charge in [0.25, 0.3) is 0 Å². The van der Waals surface area contributed by atoms with Gasteiger partial charge in [-0.1, -0.05) is 0 Å². The van der Waals surface area contributed by atoms with E-state index in [-0.39, 0.29) is 31.6 Å². The molecule has 1 aromatic carbocycles. The lowest BCUT2D eigenvalue weighted by molar-refractivity contribution is -0.179. The maximum absolute atomic E-state index is 13.8. The molecule has 2 aromatic rings. The molecule has 2 aliphatic rings. The molecule has 2 fully saturated rings. The second-order valence-corrected chi connectivity index (χ2v) is 9.28. The standard InChI is InChI=1S/C24H27F3N4O2/c25-24(26,27)18-10-16(11-19(32)12-23(29)5-8-33-9-6-23)14-31(15-18)21-4-3-17(13-28)22-20(21)2-1-7-30-22/h1-4,7,16,18H,5-6,8-12,14-15,29H2. The minimum absolute atomic E-state index is 0.0648. The highest BCUT2D eigenvalue weighted by molar-refractivity contribution is 5.95. The number of hydrogen-bond acceptors (Lipinski definition) is 6. The topological polar surface area (TPSA) is 92.2 Å². The van der Waals surface area contributed by atoms with Crippen molar-refractivity contribution in [2.24, 2.45) is 17.6 Å². The number of carbonyl (C=O) groups excluding carboxylic acids is 1. The van der Waals surface area contributed by atoms with Crippen LogP contribution in [0.2, 0.25) is 0 Å². The SMILES string of the molecule is N#Cc1ccc(N2CC(CC(=O)CC3(N)CCOCC3)CC(C(F)(F)F)C2)c2cccnc12. The van der Waals surface area contributed by atoms with Gasteiger partial charge < -0.3 is 15.4 Å². The molecule has 0 aliphatic carbocycles. The van der Waals surface area contributed by atoms with E-state index in [0.717, 1.165) is 0 Å². The zero-order chi connectivity index (χ0) is 23.6. The van der Waals surface area contributed by atoms with Crippen LogP contribution in [0.15, 0.2) is 30.5 Å². The molecule has 0 bridgehead atoms. The maximum atomic E-state index is 13.8. The van der Waals surface area contributed by atoms with Gasteiger partial charge in [0, 0.05) is 62.0 Å². The van der Waals surface area contributed by atoms with E-state index >= 15 is 0 Å². The van der Waals surface area contributed by atoms with Crippen LogP contribution in [0, 0.1) is 23.2 Å². The number of rotatable bonds is 5. The van der Waals surface area contributed by atoms with E-state index in [4.69, 9.17) is 10.5 Å². The van der Waals surface area contributed by atoms with Crippen LogP contribution in [0.4, 0.5) is 18.9 Å². The highest BCUT2D eigenvalue weighted by atomic mass is 19.4. The number of halogens is 3. The number of anilines is 1. The van der Waals surface area contributed by atoms with Crippen LogP contribution in [0.1, 0.15) is 37.7 Å². The van der Waals surface area contributed by atoms with Gasteiger partial charge in [0.2, 0.25) is 0 Å². The lowest BCUT2D eigenvalue weighted by Crippen LogP contribution is -2.48. The van der Waals surface area contributed by atoms with E-state index < -0.39 is 23.6 Å². The van der Waals surface area contributed by atoms with Crippen LogP contribution < -0.4 is 10.6 Å². The number of alkyl halides is 3. The number of Topliss-reactive ketones (excluding diaryl/α,β-unsaturated/α-hetero) is 1. The lowest BCUT2D eigenvalue weighted by atomic mass is 9.81. The second-order valence-electron chi connectivity index (χ2n) is 9.28. The van der Waals surface area contributed by atoms with Gasteiger partial charge in [-0.15, -0.1) is 0 Å².